The Balaban J connectivity index is 2.53. The van der Waals surface area contributed by atoms with Gasteiger partial charge in [0, 0.05) is 19.1 Å². The van der Waals surface area contributed by atoms with Gasteiger partial charge >= 0.3 is 12.0 Å². The van der Waals surface area contributed by atoms with Crippen molar-refractivity contribution in [1.82, 2.24) is 15.1 Å². The number of carboxylic acids is 1. The SMILES string of the molecule is CC1CN(C(=O)N[C@@H](C)C(=O)O)CC1N(C)C. The second kappa shape index (κ2) is 5.35. The van der Waals surface area contributed by atoms with Crippen LogP contribution in [0.3, 0.4) is 0 Å². The van der Waals surface area contributed by atoms with E-state index in [4.69, 9.17) is 5.11 Å². The van der Waals surface area contributed by atoms with E-state index in [0.29, 0.717) is 25.0 Å². The molecule has 17 heavy (non-hydrogen) atoms. The average Bonchev–Trinajstić information content (AvgIpc) is 2.60. The summed E-state index contributed by atoms with van der Waals surface area (Å²) in [6.45, 7) is 4.87. The molecule has 98 valence electrons. The van der Waals surface area contributed by atoms with E-state index in [0.717, 1.165) is 0 Å². The highest BCUT2D eigenvalue weighted by atomic mass is 16.4. The Morgan fingerprint density at radius 3 is 2.41 bits per heavy atom. The van der Waals surface area contributed by atoms with Gasteiger partial charge in [-0.15, -0.1) is 0 Å². The second-order valence-electron chi connectivity index (χ2n) is 4.92. The van der Waals surface area contributed by atoms with E-state index in [-0.39, 0.29) is 6.03 Å². The predicted octanol–water partition coefficient (Wildman–Crippen LogP) is 0.0510. The third kappa shape index (κ3) is 3.33. The number of hydrogen-bond acceptors (Lipinski definition) is 3. The fraction of sp³-hybridized carbons (Fsp3) is 0.818. The maximum absolute atomic E-state index is 11.8. The molecule has 6 nitrogen and oxygen atoms in total. The van der Waals surface area contributed by atoms with Crippen LogP contribution in [0.2, 0.25) is 0 Å². The zero-order chi connectivity index (χ0) is 13.2. The van der Waals surface area contributed by atoms with Gasteiger partial charge in [-0.3, -0.25) is 4.79 Å². The Hall–Kier alpha value is -1.30. The van der Waals surface area contributed by atoms with E-state index in [1.807, 2.05) is 14.1 Å². The molecule has 2 unspecified atom stereocenters. The first kappa shape index (κ1) is 13.8. The molecule has 0 saturated carbocycles. The number of carboxylic acid groups (broad SMARTS) is 1. The molecule has 1 rings (SSSR count). The summed E-state index contributed by atoms with van der Waals surface area (Å²) < 4.78 is 0. The summed E-state index contributed by atoms with van der Waals surface area (Å²) in [6.07, 6.45) is 0. The topological polar surface area (TPSA) is 72.9 Å². The summed E-state index contributed by atoms with van der Waals surface area (Å²) in [6, 6.07) is -0.812. The van der Waals surface area contributed by atoms with E-state index in [2.05, 4.69) is 17.1 Å². The minimum atomic E-state index is -1.02. The fourth-order valence-corrected chi connectivity index (χ4v) is 2.13. The second-order valence-corrected chi connectivity index (χ2v) is 4.92. The first-order valence-electron chi connectivity index (χ1n) is 5.77. The molecule has 2 amide bonds. The van der Waals surface area contributed by atoms with Crippen LogP contribution in [-0.2, 0) is 4.79 Å². The molecule has 1 aliphatic rings. The molecule has 6 heteroatoms. The average molecular weight is 243 g/mol. The van der Waals surface area contributed by atoms with Crippen LogP contribution in [0.15, 0.2) is 0 Å². The number of nitrogens with zero attached hydrogens (tertiary/aromatic N) is 2. The highest BCUT2D eigenvalue weighted by molar-refractivity contribution is 5.82. The summed E-state index contributed by atoms with van der Waals surface area (Å²) in [5.41, 5.74) is 0. The Labute approximate surface area is 102 Å². The van der Waals surface area contributed by atoms with Crippen molar-refractivity contribution in [1.29, 1.82) is 0 Å². The van der Waals surface area contributed by atoms with Gasteiger partial charge in [0.2, 0.25) is 0 Å². The molecule has 0 radical (unpaired) electrons. The molecule has 1 heterocycles. The molecule has 0 aromatic carbocycles. The molecule has 1 saturated heterocycles. The minimum Gasteiger partial charge on any atom is -0.480 e. The summed E-state index contributed by atoms with van der Waals surface area (Å²) >= 11 is 0. The van der Waals surface area contributed by atoms with E-state index in [9.17, 15) is 9.59 Å². The maximum Gasteiger partial charge on any atom is 0.325 e. The van der Waals surface area contributed by atoms with Crippen molar-refractivity contribution in [3.8, 4) is 0 Å². The molecule has 3 atom stereocenters. The Bertz CT molecular complexity index is 306. The van der Waals surface area contributed by atoms with E-state index in [1.54, 1.807) is 4.90 Å². The standard InChI is InChI=1S/C11H21N3O3/c1-7-5-14(6-9(7)13(3)4)11(17)12-8(2)10(15)16/h7-9H,5-6H2,1-4H3,(H,12,17)(H,15,16)/t7?,8-,9?/m0/s1. The monoisotopic (exact) mass is 243 g/mol. The van der Waals surface area contributed by atoms with Crippen LogP contribution in [0, 0.1) is 5.92 Å². The zero-order valence-electron chi connectivity index (χ0n) is 10.8. The smallest absolute Gasteiger partial charge is 0.325 e. The van der Waals surface area contributed by atoms with Crippen LogP contribution in [0.25, 0.3) is 0 Å². The van der Waals surface area contributed by atoms with Gasteiger partial charge in [-0.1, -0.05) is 6.92 Å². The summed E-state index contributed by atoms with van der Waals surface area (Å²) in [4.78, 5) is 26.2. The molecule has 0 bridgehead atoms. The van der Waals surface area contributed by atoms with E-state index in [1.165, 1.54) is 6.92 Å². The molecular weight excluding hydrogens is 222 g/mol. The van der Waals surface area contributed by atoms with Gasteiger partial charge in [-0.2, -0.15) is 0 Å². The third-order valence-electron chi connectivity index (χ3n) is 3.23. The van der Waals surface area contributed by atoms with Crippen LogP contribution in [-0.4, -0.2) is 66.2 Å². The number of urea groups is 1. The number of amides is 2. The molecule has 0 spiro atoms. The van der Waals surface area contributed by atoms with Crippen LogP contribution < -0.4 is 5.32 Å². The number of hydrogen-bond donors (Lipinski definition) is 2. The molecule has 0 aromatic rings. The summed E-state index contributed by atoms with van der Waals surface area (Å²) in [7, 11) is 3.98. The predicted molar refractivity (Wildman–Crippen MR) is 63.8 cm³/mol. The number of aliphatic carboxylic acids is 1. The maximum atomic E-state index is 11.8. The van der Waals surface area contributed by atoms with Crippen LogP contribution in [0.5, 0.6) is 0 Å². The number of carbonyl (C=O) groups is 2. The number of nitrogens with one attached hydrogen (secondary N) is 1. The van der Waals surface area contributed by atoms with Gasteiger partial charge in [0.15, 0.2) is 0 Å². The number of carbonyl (C=O) groups excluding carboxylic acids is 1. The Kier molecular flexibility index (Phi) is 4.34. The highest BCUT2D eigenvalue weighted by Gasteiger charge is 2.34. The van der Waals surface area contributed by atoms with Crippen LogP contribution in [0.4, 0.5) is 4.79 Å². The molecular formula is C11H21N3O3. The van der Waals surface area contributed by atoms with Gasteiger partial charge < -0.3 is 20.2 Å². The van der Waals surface area contributed by atoms with Crippen LogP contribution >= 0.6 is 0 Å². The number of likely N-dealkylation sites (N-methyl/N-ethyl adjacent to an activating group) is 1. The minimum absolute atomic E-state index is 0.295. The lowest BCUT2D eigenvalue weighted by molar-refractivity contribution is -0.138. The number of rotatable bonds is 3. The Morgan fingerprint density at radius 1 is 1.41 bits per heavy atom. The first-order valence-corrected chi connectivity index (χ1v) is 5.77. The molecule has 2 N–H and O–H groups in total. The quantitative estimate of drug-likeness (QED) is 0.734. The van der Waals surface area contributed by atoms with Crippen molar-refractivity contribution in [2.45, 2.75) is 25.9 Å². The largest absolute Gasteiger partial charge is 0.480 e. The molecule has 0 aromatic heterocycles. The highest BCUT2D eigenvalue weighted by Crippen LogP contribution is 2.19. The van der Waals surface area contributed by atoms with Crippen molar-refractivity contribution in [3.05, 3.63) is 0 Å². The van der Waals surface area contributed by atoms with Gasteiger partial charge in [0.05, 0.1) is 0 Å². The van der Waals surface area contributed by atoms with E-state index >= 15 is 0 Å². The van der Waals surface area contributed by atoms with Gasteiger partial charge in [-0.05, 0) is 26.9 Å². The molecule has 1 aliphatic heterocycles. The molecule has 1 fully saturated rings. The van der Waals surface area contributed by atoms with Gasteiger partial charge in [0.25, 0.3) is 0 Å². The lowest BCUT2D eigenvalue weighted by atomic mass is 10.1. The zero-order valence-corrected chi connectivity index (χ0v) is 10.8. The Morgan fingerprint density at radius 2 is 2.00 bits per heavy atom. The van der Waals surface area contributed by atoms with Crippen molar-refractivity contribution in [2.24, 2.45) is 5.92 Å². The lowest BCUT2D eigenvalue weighted by Gasteiger charge is -2.22. The number of likely N-dealkylation sites (tertiary alicyclic amines) is 1. The summed E-state index contributed by atoms with van der Waals surface area (Å²) in [5.74, 6) is -0.620. The fourth-order valence-electron chi connectivity index (χ4n) is 2.13. The van der Waals surface area contributed by atoms with Crippen molar-refractivity contribution in [3.63, 3.8) is 0 Å². The normalized spacial score (nSPS) is 26.1. The third-order valence-corrected chi connectivity index (χ3v) is 3.23. The first-order chi connectivity index (χ1) is 7.82. The van der Waals surface area contributed by atoms with Crippen molar-refractivity contribution < 1.29 is 14.7 Å². The summed E-state index contributed by atoms with van der Waals surface area (Å²) in [5, 5.41) is 11.2. The van der Waals surface area contributed by atoms with Crippen LogP contribution in [0.1, 0.15) is 13.8 Å². The van der Waals surface area contributed by atoms with Gasteiger partial charge in [0.1, 0.15) is 6.04 Å². The van der Waals surface area contributed by atoms with E-state index < -0.39 is 12.0 Å². The van der Waals surface area contributed by atoms with Crippen molar-refractivity contribution in [2.75, 3.05) is 27.2 Å². The lowest BCUT2D eigenvalue weighted by Crippen LogP contribution is -2.46. The van der Waals surface area contributed by atoms with Crippen molar-refractivity contribution >= 4 is 12.0 Å². The van der Waals surface area contributed by atoms with Gasteiger partial charge in [-0.25, -0.2) is 4.79 Å². The molecule has 0 aliphatic carbocycles.